The number of aldehydes is 1. The minimum absolute atomic E-state index is 0.632. The third-order valence-corrected chi connectivity index (χ3v) is 1.95. The first-order valence-corrected chi connectivity index (χ1v) is 3.74. The first-order valence-electron chi connectivity index (χ1n) is 3.40. The maximum atomic E-state index is 10.4. The van der Waals surface area contributed by atoms with Crippen LogP contribution in [0, 0.1) is 0 Å². The van der Waals surface area contributed by atoms with Crippen molar-refractivity contribution in [3.63, 3.8) is 0 Å². The third-order valence-electron chi connectivity index (χ3n) is 1.68. The van der Waals surface area contributed by atoms with E-state index in [0.717, 1.165) is 17.2 Å². The quantitative estimate of drug-likeness (QED) is 0.628. The van der Waals surface area contributed by atoms with Crippen LogP contribution in [0.4, 0.5) is 0 Å². The normalized spacial score (nSPS) is 10.4. The fraction of sp³-hybridized carbons (Fsp3) is 0. The summed E-state index contributed by atoms with van der Waals surface area (Å²) in [5, 5.41) is 4.71. The number of carbonyl (C=O) groups excluding carboxylic acids is 1. The average Bonchev–Trinajstić information content (AvgIpc) is 2.47. The molecule has 2 rings (SSSR count). The molecule has 2 aromatic rings. The van der Waals surface area contributed by atoms with Crippen molar-refractivity contribution in [3.05, 3.63) is 30.0 Å². The molecule has 0 spiro atoms. The zero-order valence-corrected chi connectivity index (χ0v) is 6.82. The number of benzene rings is 1. The Balaban J connectivity index is 2.77. The van der Waals surface area contributed by atoms with Gasteiger partial charge in [0.15, 0.2) is 0 Å². The van der Waals surface area contributed by atoms with E-state index >= 15 is 0 Å². The second kappa shape index (κ2) is 2.60. The summed E-state index contributed by atoms with van der Waals surface area (Å²) >= 11 is 5.69. The minimum atomic E-state index is 0.632. The van der Waals surface area contributed by atoms with Gasteiger partial charge < -0.3 is 0 Å². The lowest BCUT2D eigenvalue weighted by Gasteiger charge is -1.91. The fourth-order valence-corrected chi connectivity index (χ4v) is 1.29. The highest BCUT2D eigenvalue weighted by molar-refractivity contribution is 6.18. The van der Waals surface area contributed by atoms with Gasteiger partial charge in [0.05, 0.1) is 11.7 Å². The zero-order valence-electron chi connectivity index (χ0n) is 6.07. The molecule has 0 amide bonds. The SMILES string of the molecule is O=Cc1ccc2c(cnn2Cl)c1. The molecular weight excluding hydrogens is 176 g/mol. The molecule has 0 saturated carbocycles. The van der Waals surface area contributed by atoms with E-state index in [1.165, 1.54) is 4.20 Å². The molecule has 3 nitrogen and oxygen atoms in total. The summed E-state index contributed by atoms with van der Waals surface area (Å²) in [6.45, 7) is 0. The van der Waals surface area contributed by atoms with Gasteiger partial charge in [0.1, 0.15) is 6.29 Å². The molecule has 1 aromatic heterocycles. The summed E-state index contributed by atoms with van der Waals surface area (Å²) in [7, 11) is 0. The molecule has 12 heavy (non-hydrogen) atoms. The van der Waals surface area contributed by atoms with Crippen LogP contribution in [0.3, 0.4) is 0 Å². The van der Waals surface area contributed by atoms with Crippen LogP contribution < -0.4 is 0 Å². The van der Waals surface area contributed by atoms with Gasteiger partial charge in [-0.3, -0.25) is 4.79 Å². The summed E-state index contributed by atoms with van der Waals surface area (Å²) in [6, 6.07) is 5.21. The fourth-order valence-electron chi connectivity index (χ4n) is 1.09. The van der Waals surface area contributed by atoms with Crippen LogP contribution in [0.1, 0.15) is 10.4 Å². The van der Waals surface area contributed by atoms with Crippen molar-refractivity contribution in [2.45, 2.75) is 0 Å². The number of hydrogen-bond acceptors (Lipinski definition) is 2. The predicted octanol–water partition coefficient (Wildman–Crippen LogP) is 1.85. The summed E-state index contributed by atoms with van der Waals surface area (Å²) < 4.78 is 1.25. The molecule has 0 bridgehead atoms. The van der Waals surface area contributed by atoms with Gasteiger partial charge in [-0.2, -0.15) is 9.30 Å². The van der Waals surface area contributed by atoms with Gasteiger partial charge in [0.2, 0.25) is 0 Å². The molecule has 1 aromatic carbocycles. The zero-order chi connectivity index (χ0) is 8.55. The summed E-state index contributed by atoms with van der Waals surface area (Å²) in [6.07, 6.45) is 2.42. The van der Waals surface area contributed by atoms with Gasteiger partial charge in [-0.25, -0.2) is 0 Å². The second-order valence-electron chi connectivity index (χ2n) is 2.44. The summed E-state index contributed by atoms with van der Waals surface area (Å²) in [5.41, 5.74) is 1.44. The Hall–Kier alpha value is -1.35. The van der Waals surface area contributed by atoms with E-state index in [1.807, 2.05) is 0 Å². The average molecular weight is 181 g/mol. The highest BCUT2D eigenvalue weighted by Crippen LogP contribution is 2.15. The Bertz CT molecular complexity index is 436. The number of rotatable bonds is 1. The van der Waals surface area contributed by atoms with E-state index in [0.29, 0.717) is 5.56 Å². The molecule has 0 fully saturated rings. The van der Waals surface area contributed by atoms with E-state index in [2.05, 4.69) is 5.10 Å². The molecule has 0 N–H and O–H groups in total. The van der Waals surface area contributed by atoms with Gasteiger partial charge in [0.25, 0.3) is 0 Å². The molecule has 60 valence electrons. The Morgan fingerprint density at radius 1 is 1.50 bits per heavy atom. The highest BCUT2D eigenvalue weighted by Gasteiger charge is 2.00. The van der Waals surface area contributed by atoms with Crippen molar-refractivity contribution in [1.82, 2.24) is 9.30 Å². The molecule has 0 aliphatic carbocycles. The molecule has 0 atom stereocenters. The van der Waals surface area contributed by atoms with Gasteiger partial charge in [0, 0.05) is 22.7 Å². The van der Waals surface area contributed by atoms with Crippen molar-refractivity contribution in [2.24, 2.45) is 0 Å². The maximum absolute atomic E-state index is 10.4. The standard InChI is InChI=1S/C8H5ClN2O/c9-11-8-2-1-6(5-12)3-7(8)4-10-11/h1-5H. The minimum Gasteiger partial charge on any atom is -0.298 e. The van der Waals surface area contributed by atoms with E-state index in [9.17, 15) is 4.79 Å². The van der Waals surface area contributed by atoms with Crippen molar-refractivity contribution in [1.29, 1.82) is 0 Å². The van der Waals surface area contributed by atoms with Crippen molar-refractivity contribution >= 4 is 29.0 Å². The Kier molecular flexibility index (Phi) is 1.59. The second-order valence-corrected chi connectivity index (χ2v) is 2.76. The molecule has 0 radical (unpaired) electrons. The number of nitrogens with zero attached hydrogens (tertiary/aromatic N) is 2. The Labute approximate surface area is 73.7 Å². The summed E-state index contributed by atoms with van der Waals surface area (Å²) in [4.78, 5) is 10.4. The van der Waals surface area contributed by atoms with Gasteiger partial charge in [-0.1, -0.05) is 0 Å². The van der Waals surface area contributed by atoms with Crippen molar-refractivity contribution < 1.29 is 4.79 Å². The number of carbonyl (C=O) groups is 1. The van der Waals surface area contributed by atoms with E-state index in [1.54, 1.807) is 24.4 Å². The number of fused-ring (bicyclic) bond motifs is 1. The van der Waals surface area contributed by atoms with Crippen molar-refractivity contribution in [2.75, 3.05) is 0 Å². The van der Waals surface area contributed by atoms with Crippen LogP contribution in [-0.2, 0) is 0 Å². The highest BCUT2D eigenvalue weighted by atomic mass is 35.5. The Morgan fingerprint density at radius 3 is 3.08 bits per heavy atom. The smallest absolute Gasteiger partial charge is 0.150 e. The number of aromatic nitrogens is 2. The van der Waals surface area contributed by atoms with Crippen LogP contribution in [-0.4, -0.2) is 15.6 Å². The van der Waals surface area contributed by atoms with Crippen LogP contribution >= 0.6 is 11.8 Å². The summed E-state index contributed by atoms with van der Waals surface area (Å²) in [5.74, 6) is 0. The number of hydrogen-bond donors (Lipinski definition) is 0. The molecule has 0 unspecified atom stereocenters. The molecule has 1 heterocycles. The lowest BCUT2D eigenvalue weighted by atomic mass is 10.2. The molecule has 4 heteroatoms. The third kappa shape index (κ3) is 0.987. The molecule has 0 aliphatic heterocycles. The van der Waals surface area contributed by atoms with E-state index in [4.69, 9.17) is 11.8 Å². The predicted molar refractivity (Wildman–Crippen MR) is 46.4 cm³/mol. The topological polar surface area (TPSA) is 34.9 Å². The van der Waals surface area contributed by atoms with Gasteiger partial charge in [-0.15, -0.1) is 0 Å². The molecular formula is C8H5ClN2O. The maximum Gasteiger partial charge on any atom is 0.150 e. The van der Waals surface area contributed by atoms with Gasteiger partial charge >= 0.3 is 0 Å². The first kappa shape index (κ1) is 7.31. The number of halogens is 1. The lowest BCUT2D eigenvalue weighted by Crippen LogP contribution is -1.81. The van der Waals surface area contributed by atoms with Crippen LogP contribution in [0.15, 0.2) is 24.4 Å². The Morgan fingerprint density at radius 2 is 2.33 bits per heavy atom. The van der Waals surface area contributed by atoms with Crippen LogP contribution in [0.2, 0.25) is 0 Å². The first-order chi connectivity index (χ1) is 5.81. The molecule has 0 saturated heterocycles. The molecule has 0 aliphatic rings. The van der Waals surface area contributed by atoms with Crippen LogP contribution in [0.25, 0.3) is 10.9 Å². The van der Waals surface area contributed by atoms with Gasteiger partial charge in [-0.05, 0) is 18.2 Å². The lowest BCUT2D eigenvalue weighted by molar-refractivity contribution is 0.112. The van der Waals surface area contributed by atoms with Crippen LogP contribution in [0.5, 0.6) is 0 Å². The van der Waals surface area contributed by atoms with Crippen molar-refractivity contribution in [3.8, 4) is 0 Å². The largest absolute Gasteiger partial charge is 0.298 e. The van der Waals surface area contributed by atoms with E-state index in [-0.39, 0.29) is 0 Å². The monoisotopic (exact) mass is 180 g/mol. The van der Waals surface area contributed by atoms with E-state index < -0.39 is 0 Å².